The van der Waals surface area contributed by atoms with Gasteiger partial charge in [-0.25, -0.2) is 9.59 Å². The lowest BCUT2D eigenvalue weighted by Gasteiger charge is -2.08. The van der Waals surface area contributed by atoms with Crippen LogP contribution in [-0.4, -0.2) is 24.2 Å². The molecule has 1 heterocycles. The summed E-state index contributed by atoms with van der Waals surface area (Å²) in [5.74, 6) is -1.30. The molecule has 1 aromatic carbocycles. The second kappa shape index (κ2) is 6.32. The van der Waals surface area contributed by atoms with Crippen LogP contribution in [0, 0.1) is 0 Å². The maximum Gasteiger partial charge on any atom is 0.371 e. The molecule has 110 valence electrons. The van der Waals surface area contributed by atoms with Crippen LogP contribution in [-0.2, 0) is 11.3 Å². The van der Waals surface area contributed by atoms with Gasteiger partial charge in [0.05, 0.1) is 29.9 Å². The molecule has 0 spiro atoms. The lowest BCUT2D eigenvalue weighted by Crippen LogP contribution is -2.04. The van der Waals surface area contributed by atoms with E-state index in [9.17, 15) is 9.59 Å². The molecule has 2 rings (SSSR count). The average Bonchev–Trinajstić information content (AvgIpc) is 2.94. The largest absolute Gasteiger partial charge is 0.475 e. The Balaban J connectivity index is 2.11. The maximum absolute atomic E-state index is 11.5. The zero-order valence-corrected chi connectivity index (χ0v) is 11.8. The first-order valence-electron chi connectivity index (χ1n) is 5.95. The normalized spacial score (nSPS) is 10.2. The number of aromatic carboxylic acids is 1. The zero-order chi connectivity index (χ0) is 15.4. The monoisotopic (exact) mass is 309 g/mol. The number of carbonyl (C=O) groups excluding carboxylic acids is 1. The van der Waals surface area contributed by atoms with E-state index in [0.717, 1.165) is 0 Å². The van der Waals surface area contributed by atoms with Crippen molar-refractivity contribution in [2.24, 2.45) is 0 Å². The Hall–Kier alpha value is -2.47. The third-order valence-corrected chi connectivity index (χ3v) is 3.04. The number of esters is 1. The molecule has 0 unspecified atom stereocenters. The first kappa shape index (κ1) is 14.9. The number of hydrogen-bond acceptors (Lipinski definition) is 5. The molecule has 0 aliphatic rings. The fourth-order valence-corrected chi connectivity index (χ4v) is 1.86. The summed E-state index contributed by atoms with van der Waals surface area (Å²) in [6.07, 6.45) is 0. The third-order valence-electron chi connectivity index (χ3n) is 2.71. The van der Waals surface area contributed by atoms with Gasteiger partial charge < -0.3 is 19.6 Å². The molecule has 0 bridgehead atoms. The third kappa shape index (κ3) is 3.55. The highest BCUT2D eigenvalue weighted by Gasteiger charge is 2.11. The number of methoxy groups -OCH3 is 1. The van der Waals surface area contributed by atoms with Gasteiger partial charge >= 0.3 is 11.9 Å². The first-order chi connectivity index (χ1) is 10.0. The number of carbonyl (C=O) groups is 2. The number of rotatable bonds is 5. The van der Waals surface area contributed by atoms with Crippen LogP contribution in [0.3, 0.4) is 0 Å². The molecule has 0 saturated carbocycles. The summed E-state index contributed by atoms with van der Waals surface area (Å²) in [6.45, 7) is 0.234. The first-order valence-corrected chi connectivity index (χ1v) is 6.33. The number of anilines is 1. The quantitative estimate of drug-likeness (QED) is 0.825. The van der Waals surface area contributed by atoms with E-state index in [1.807, 2.05) is 0 Å². The molecule has 6 nitrogen and oxygen atoms in total. The number of furan rings is 1. The van der Waals surface area contributed by atoms with Crippen LogP contribution in [0.15, 0.2) is 34.7 Å². The van der Waals surface area contributed by atoms with Gasteiger partial charge in [0.1, 0.15) is 5.76 Å². The van der Waals surface area contributed by atoms with Crippen molar-refractivity contribution in [2.75, 3.05) is 12.4 Å². The standard InChI is InChI=1S/C14H12ClNO5/c1-20-14(19)8-2-4-10(15)11(6-8)16-7-9-3-5-12(21-9)13(17)18/h2-6,16H,7H2,1H3,(H,17,18). The van der Waals surface area contributed by atoms with Crippen molar-refractivity contribution < 1.29 is 23.8 Å². The summed E-state index contributed by atoms with van der Waals surface area (Å²) < 4.78 is 9.74. The zero-order valence-electron chi connectivity index (χ0n) is 11.1. The summed E-state index contributed by atoms with van der Waals surface area (Å²) in [7, 11) is 1.29. The van der Waals surface area contributed by atoms with E-state index in [1.165, 1.54) is 13.2 Å². The SMILES string of the molecule is COC(=O)c1ccc(Cl)c(NCc2ccc(C(=O)O)o2)c1. The van der Waals surface area contributed by atoms with E-state index < -0.39 is 11.9 Å². The Bertz CT molecular complexity index is 680. The average molecular weight is 310 g/mol. The Morgan fingerprint density at radius 2 is 2.10 bits per heavy atom. The molecular formula is C14H12ClNO5. The minimum absolute atomic E-state index is 0.138. The second-order valence-electron chi connectivity index (χ2n) is 4.11. The Kier molecular flexibility index (Phi) is 4.49. The van der Waals surface area contributed by atoms with Gasteiger partial charge in [-0.2, -0.15) is 0 Å². The van der Waals surface area contributed by atoms with Crippen molar-refractivity contribution in [2.45, 2.75) is 6.54 Å². The molecule has 2 aromatic rings. The summed E-state index contributed by atoms with van der Waals surface area (Å²) in [5, 5.41) is 12.2. The fraction of sp³-hybridized carbons (Fsp3) is 0.143. The van der Waals surface area contributed by atoms with Crippen molar-refractivity contribution in [3.8, 4) is 0 Å². The van der Waals surface area contributed by atoms with Crippen LogP contribution >= 0.6 is 11.6 Å². The molecule has 0 fully saturated rings. The van der Waals surface area contributed by atoms with Crippen LogP contribution in [0.2, 0.25) is 5.02 Å². The number of carboxylic acid groups (broad SMARTS) is 1. The number of hydrogen-bond donors (Lipinski definition) is 2. The van der Waals surface area contributed by atoms with Gasteiger partial charge in [-0.1, -0.05) is 11.6 Å². The van der Waals surface area contributed by atoms with Crippen LogP contribution in [0.25, 0.3) is 0 Å². The molecule has 0 aliphatic carbocycles. The number of nitrogens with one attached hydrogen (secondary N) is 1. The summed E-state index contributed by atoms with van der Waals surface area (Å²) in [4.78, 5) is 22.2. The minimum atomic E-state index is -1.13. The molecule has 0 saturated heterocycles. The van der Waals surface area contributed by atoms with Crippen molar-refractivity contribution in [3.05, 3.63) is 52.4 Å². The second-order valence-corrected chi connectivity index (χ2v) is 4.52. The van der Waals surface area contributed by atoms with Gasteiger partial charge in [0, 0.05) is 0 Å². The number of halogens is 1. The van der Waals surface area contributed by atoms with Crippen LogP contribution in [0.4, 0.5) is 5.69 Å². The molecule has 0 atom stereocenters. The van der Waals surface area contributed by atoms with E-state index >= 15 is 0 Å². The van der Waals surface area contributed by atoms with Crippen LogP contribution in [0.5, 0.6) is 0 Å². The van der Waals surface area contributed by atoms with Gasteiger partial charge in [0.25, 0.3) is 0 Å². The predicted molar refractivity (Wildman–Crippen MR) is 75.8 cm³/mol. The highest BCUT2D eigenvalue weighted by molar-refractivity contribution is 6.33. The van der Waals surface area contributed by atoms with Crippen LogP contribution < -0.4 is 5.32 Å². The molecular weight excluding hydrogens is 298 g/mol. The van der Waals surface area contributed by atoms with Gasteiger partial charge in [-0.3, -0.25) is 0 Å². The van der Waals surface area contributed by atoms with Gasteiger partial charge in [0.2, 0.25) is 5.76 Å². The van der Waals surface area contributed by atoms with E-state index in [1.54, 1.807) is 24.3 Å². The Morgan fingerprint density at radius 3 is 2.71 bits per heavy atom. The molecule has 21 heavy (non-hydrogen) atoms. The highest BCUT2D eigenvalue weighted by atomic mass is 35.5. The number of ether oxygens (including phenoxy) is 1. The Morgan fingerprint density at radius 1 is 1.33 bits per heavy atom. The lowest BCUT2D eigenvalue weighted by molar-refractivity contribution is 0.0599. The Labute approximate surface area is 125 Å². The summed E-state index contributed by atoms with van der Waals surface area (Å²) in [5.41, 5.74) is 0.878. The summed E-state index contributed by atoms with van der Waals surface area (Å²) in [6, 6.07) is 7.59. The van der Waals surface area contributed by atoms with E-state index in [4.69, 9.17) is 21.1 Å². The van der Waals surface area contributed by atoms with E-state index in [0.29, 0.717) is 22.0 Å². The molecule has 7 heteroatoms. The lowest BCUT2D eigenvalue weighted by atomic mass is 10.2. The smallest absolute Gasteiger partial charge is 0.371 e. The van der Waals surface area contributed by atoms with E-state index in [-0.39, 0.29) is 12.3 Å². The summed E-state index contributed by atoms with van der Waals surface area (Å²) >= 11 is 6.03. The molecule has 0 radical (unpaired) electrons. The number of carboxylic acids is 1. The molecule has 2 N–H and O–H groups in total. The van der Waals surface area contributed by atoms with Gasteiger partial charge in [-0.05, 0) is 30.3 Å². The van der Waals surface area contributed by atoms with Crippen molar-refractivity contribution in [1.29, 1.82) is 0 Å². The van der Waals surface area contributed by atoms with Gasteiger partial charge in [-0.15, -0.1) is 0 Å². The minimum Gasteiger partial charge on any atom is -0.475 e. The highest BCUT2D eigenvalue weighted by Crippen LogP contribution is 2.24. The van der Waals surface area contributed by atoms with Crippen molar-refractivity contribution >= 4 is 29.2 Å². The topological polar surface area (TPSA) is 88.8 Å². The van der Waals surface area contributed by atoms with Crippen LogP contribution in [0.1, 0.15) is 26.7 Å². The number of benzene rings is 1. The molecule has 1 aromatic heterocycles. The fourth-order valence-electron chi connectivity index (χ4n) is 1.68. The predicted octanol–water partition coefficient (Wildman–Crippen LogP) is 3.03. The van der Waals surface area contributed by atoms with E-state index in [2.05, 4.69) is 10.1 Å². The van der Waals surface area contributed by atoms with Crippen molar-refractivity contribution in [3.63, 3.8) is 0 Å². The molecule has 0 amide bonds. The maximum atomic E-state index is 11.5. The van der Waals surface area contributed by atoms with Crippen molar-refractivity contribution in [1.82, 2.24) is 0 Å². The molecule has 0 aliphatic heterocycles. The van der Waals surface area contributed by atoms with Gasteiger partial charge in [0.15, 0.2) is 0 Å².